The minimum Gasteiger partial charge on any atom is -0.493 e. The monoisotopic (exact) mass is 224 g/mol. The van der Waals surface area contributed by atoms with Crippen molar-refractivity contribution in [3.63, 3.8) is 0 Å². The SMILES string of the molecule is COc1ccc(C)nc1NC(C)C(C)OC. The zero-order chi connectivity index (χ0) is 12.1. The molecule has 1 heterocycles. The summed E-state index contributed by atoms with van der Waals surface area (Å²) in [5.41, 5.74) is 0.959. The number of ether oxygens (including phenoxy) is 2. The van der Waals surface area contributed by atoms with Crippen molar-refractivity contribution in [1.82, 2.24) is 4.98 Å². The maximum absolute atomic E-state index is 5.26. The summed E-state index contributed by atoms with van der Waals surface area (Å²) in [5, 5.41) is 3.29. The van der Waals surface area contributed by atoms with Gasteiger partial charge in [-0.25, -0.2) is 4.98 Å². The van der Waals surface area contributed by atoms with Crippen LogP contribution in [0.2, 0.25) is 0 Å². The fraction of sp³-hybridized carbons (Fsp3) is 0.583. The summed E-state index contributed by atoms with van der Waals surface area (Å²) < 4.78 is 10.5. The highest BCUT2D eigenvalue weighted by Crippen LogP contribution is 2.23. The van der Waals surface area contributed by atoms with E-state index < -0.39 is 0 Å². The van der Waals surface area contributed by atoms with Crippen LogP contribution in [0.3, 0.4) is 0 Å². The van der Waals surface area contributed by atoms with Crippen LogP contribution in [0.1, 0.15) is 19.5 Å². The Morgan fingerprint density at radius 3 is 2.50 bits per heavy atom. The van der Waals surface area contributed by atoms with Crippen molar-refractivity contribution >= 4 is 5.82 Å². The third kappa shape index (κ3) is 3.10. The molecule has 2 unspecified atom stereocenters. The molecule has 0 amide bonds. The number of pyridine rings is 1. The highest BCUT2D eigenvalue weighted by molar-refractivity contribution is 5.51. The van der Waals surface area contributed by atoms with E-state index in [1.165, 1.54) is 0 Å². The number of methoxy groups -OCH3 is 2. The Morgan fingerprint density at radius 2 is 1.94 bits per heavy atom. The molecule has 4 nitrogen and oxygen atoms in total. The number of nitrogens with one attached hydrogen (secondary N) is 1. The van der Waals surface area contributed by atoms with E-state index in [1.54, 1.807) is 14.2 Å². The van der Waals surface area contributed by atoms with Crippen molar-refractivity contribution in [1.29, 1.82) is 0 Å². The van der Waals surface area contributed by atoms with E-state index in [0.29, 0.717) is 0 Å². The van der Waals surface area contributed by atoms with Gasteiger partial charge in [-0.3, -0.25) is 0 Å². The summed E-state index contributed by atoms with van der Waals surface area (Å²) in [6.07, 6.45) is 0.118. The van der Waals surface area contributed by atoms with Crippen LogP contribution in [0.15, 0.2) is 12.1 Å². The zero-order valence-corrected chi connectivity index (χ0v) is 10.6. The van der Waals surface area contributed by atoms with Gasteiger partial charge in [0.05, 0.1) is 19.3 Å². The topological polar surface area (TPSA) is 43.4 Å². The lowest BCUT2D eigenvalue weighted by Crippen LogP contribution is -2.30. The van der Waals surface area contributed by atoms with E-state index in [-0.39, 0.29) is 12.1 Å². The van der Waals surface area contributed by atoms with Gasteiger partial charge in [-0.15, -0.1) is 0 Å². The first-order valence-corrected chi connectivity index (χ1v) is 5.39. The number of aryl methyl sites for hydroxylation is 1. The van der Waals surface area contributed by atoms with E-state index in [0.717, 1.165) is 17.3 Å². The lowest BCUT2D eigenvalue weighted by molar-refractivity contribution is 0.106. The van der Waals surface area contributed by atoms with Gasteiger partial charge >= 0.3 is 0 Å². The van der Waals surface area contributed by atoms with Crippen molar-refractivity contribution in [2.45, 2.75) is 32.9 Å². The highest BCUT2D eigenvalue weighted by Gasteiger charge is 2.14. The molecule has 0 saturated carbocycles. The molecule has 0 aromatic carbocycles. The molecule has 0 fully saturated rings. The number of anilines is 1. The molecule has 0 saturated heterocycles. The smallest absolute Gasteiger partial charge is 0.169 e. The first kappa shape index (κ1) is 12.8. The fourth-order valence-electron chi connectivity index (χ4n) is 1.35. The predicted octanol–water partition coefficient (Wildman–Crippen LogP) is 2.23. The van der Waals surface area contributed by atoms with E-state index in [1.807, 2.05) is 26.0 Å². The highest BCUT2D eigenvalue weighted by atomic mass is 16.5. The summed E-state index contributed by atoms with van der Waals surface area (Å²) >= 11 is 0. The number of hydrogen-bond donors (Lipinski definition) is 1. The van der Waals surface area contributed by atoms with Crippen LogP contribution in [0, 0.1) is 6.92 Å². The molecule has 1 aromatic heterocycles. The minimum atomic E-state index is 0.118. The maximum atomic E-state index is 5.26. The van der Waals surface area contributed by atoms with Crippen LogP contribution in [-0.4, -0.2) is 31.3 Å². The molecular formula is C12H20N2O2. The zero-order valence-electron chi connectivity index (χ0n) is 10.6. The Morgan fingerprint density at radius 1 is 1.25 bits per heavy atom. The molecule has 90 valence electrons. The average Bonchev–Trinajstić information content (AvgIpc) is 2.28. The van der Waals surface area contributed by atoms with E-state index in [2.05, 4.69) is 17.2 Å². The first-order chi connectivity index (χ1) is 7.58. The lowest BCUT2D eigenvalue weighted by atomic mass is 10.2. The summed E-state index contributed by atoms with van der Waals surface area (Å²) in [5.74, 6) is 1.51. The molecule has 4 heteroatoms. The van der Waals surface area contributed by atoms with Gasteiger partial charge in [0.15, 0.2) is 11.6 Å². The molecule has 0 aliphatic rings. The molecule has 1 aromatic rings. The first-order valence-electron chi connectivity index (χ1n) is 5.39. The van der Waals surface area contributed by atoms with Crippen molar-refractivity contribution in [3.05, 3.63) is 17.8 Å². The van der Waals surface area contributed by atoms with Crippen LogP contribution in [-0.2, 0) is 4.74 Å². The number of hydrogen-bond acceptors (Lipinski definition) is 4. The third-order valence-electron chi connectivity index (χ3n) is 2.66. The molecular weight excluding hydrogens is 204 g/mol. The largest absolute Gasteiger partial charge is 0.493 e. The van der Waals surface area contributed by atoms with Crippen LogP contribution < -0.4 is 10.1 Å². The second kappa shape index (κ2) is 5.70. The molecule has 0 aliphatic carbocycles. The predicted molar refractivity (Wildman–Crippen MR) is 65.1 cm³/mol. The molecule has 1 rings (SSSR count). The van der Waals surface area contributed by atoms with Gasteiger partial charge in [0.1, 0.15) is 0 Å². The third-order valence-corrected chi connectivity index (χ3v) is 2.66. The maximum Gasteiger partial charge on any atom is 0.169 e. The molecule has 0 bridgehead atoms. The van der Waals surface area contributed by atoms with Gasteiger partial charge in [-0.2, -0.15) is 0 Å². The second-order valence-corrected chi connectivity index (χ2v) is 3.88. The van der Waals surface area contributed by atoms with E-state index >= 15 is 0 Å². The Balaban J connectivity index is 2.82. The normalized spacial score (nSPS) is 14.3. The molecule has 16 heavy (non-hydrogen) atoms. The van der Waals surface area contributed by atoms with Crippen molar-refractivity contribution < 1.29 is 9.47 Å². The summed E-state index contributed by atoms with van der Waals surface area (Å²) in [4.78, 5) is 4.41. The molecule has 0 spiro atoms. The summed E-state index contributed by atoms with van der Waals surface area (Å²) in [6.45, 7) is 6.02. The van der Waals surface area contributed by atoms with Gasteiger partial charge in [0, 0.05) is 12.8 Å². The van der Waals surface area contributed by atoms with Crippen molar-refractivity contribution in [3.8, 4) is 5.75 Å². The molecule has 0 aliphatic heterocycles. The number of rotatable bonds is 5. The van der Waals surface area contributed by atoms with Crippen LogP contribution in [0.4, 0.5) is 5.82 Å². The molecule has 0 radical (unpaired) electrons. The summed E-state index contributed by atoms with van der Waals surface area (Å²) in [6, 6.07) is 4.01. The molecule has 1 N–H and O–H groups in total. The Labute approximate surface area is 97.0 Å². The average molecular weight is 224 g/mol. The quantitative estimate of drug-likeness (QED) is 0.833. The van der Waals surface area contributed by atoms with Crippen LogP contribution in [0.5, 0.6) is 5.75 Å². The number of aromatic nitrogens is 1. The lowest BCUT2D eigenvalue weighted by Gasteiger charge is -2.21. The molecule has 2 atom stereocenters. The van der Waals surface area contributed by atoms with Gasteiger partial charge in [0.2, 0.25) is 0 Å². The fourth-order valence-corrected chi connectivity index (χ4v) is 1.35. The van der Waals surface area contributed by atoms with E-state index in [4.69, 9.17) is 9.47 Å². The van der Waals surface area contributed by atoms with Crippen molar-refractivity contribution in [2.75, 3.05) is 19.5 Å². The van der Waals surface area contributed by atoms with E-state index in [9.17, 15) is 0 Å². The van der Waals surface area contributed by atoms with Gasteiger partial charge < -0.3 is 14.8 Å². The van der Waals surface area contributed by atoms with Crippen LogP contribution in [0.25, 0.3) is 0 Å². The Kier molecular flexibility index (Phi) is 4.55. The van der Waals surface area contributed by atoms with Gasteiger partial charge in [-0.05, 0) is 32.9 Å². The van der Waals surface area contributed by atoms with Crippen LogP contribution >= 0.6 is 0 Å². The second-order valence-electron chi connectivity index (χ2n) is 3.88. The van der Waals surface area contributed by atoms with Gasteiger partial charge in [-0.1, -0.05) is 0 Å². The van der Waals surface area contributed by atoms with Gasteiger partial charge in [0.25, 0.3) is 0 Å². The Bertz CT molecular complexity index is 342. The Hall–Kier alpha value is -1.29. The van der Waals surface area contributed by atoms with Crippen molar-refractivity contribution in [2.24, 2.45) is 0 Å². The standard InChI is InChI=1S/C12H20N2O2/c1-8-6-7-11(16-5)12(13-8)14-9(2)10(3)15-4/h6-7,9-10H,1-5H3,(H,13,14). The summed E-state index contributed by atoms with van der Waals surface area (Å²) in [7, 11) is 3.34. The number of nitrogens with zero attached hydrogens (tertiary/aromatic N) is 1. The minimum absolute atomic E-state index is 0.118.